The second-order valence-electron chi connectivity index (χ2n) is 4.19. The van der Waals surface area contributed by atoms with E-state index in [0.717, 1.165) is 12.5 Å². The van der Waals surface area contributed by atoms with Gasteiger partial charge in [0.25, 0.3) is 0 Å². The lowest BCUT2D eigenvalue weighted by Crippen LogP contribution is -2.23. The zero-order chi connectivity index (χ0) is 13.6. The van der Waals surface area contributed by atoms with Crippen LogP contribution in [-0.4, -0.2) is 18.3 Å². The normalized spacial score (nSPS) is 13.6. The number of rotatable bonds is 6. The molecule has 1 aromatic rings. The van der Waals surface area contributed by atoms with Gasteiger partial charge in [0.2, 0.25) is 0 Å². The first kappa shape index (κ1) is 15.0. The van der Waals surface area contributed by atoms with Crippen molar-refractivity contribution in [3.63, 3.8) is 0 Å². The van der Waals surface area contributed by atoms with Crippen LogP contribution in [0.1, 0.15) is 36.9 Å². The molecule has 1 unspecified atom stereocenters. The summed E-state index contributed by atoms with van der Waals surface area (Å²) in [5.74, 6) is 0. The van der Waals surface area contributed by atoms with Gasteiger partial charge in [0.05, 0.1) is 5.56 Å². The molecule has 18 heavy (non-hydrogen) atoms. The Labute approximate surface area is 105 Å². The van der Waals surface area contributed by atoms with Crippen molar-refractivity contribution >= 4 is 0 Å². The molecule has 0 heterocycles. The summed E-state index contributed by atoms with van der Waals surface area (Å²) in [5, 5.41) is 11.7. The molecule has 0 aliphatic rings. The quantitative estimate of drug-likeness (QED) is 0.771. The van der Waals surface area contributed by atoms with E-state index < -0.39 is 11.7 Å². The number of hydrogen-bond donors (Lipinski definition) is 2. The van der Waals surface area contributed by atoms with E-state index in [1.165, 1.54) is 12.1 Å². The molecule has 0 aromatic heterocycles. The number of nitrogens with one attached hydrogen (secondary N) is 1. The fraction of sp³-hybridized carbons (Fsp3) is 0.538. The van der Waals surface area contributed by atoms with Gasteiger partial charge in [0.15, 0.2) is 0 Å². The number of halogens is 3. The zero-order valence-electron chi connectivity index (χ0n) is 10.3. The fourth-order valence-corrected chi connectivity index (χ4v) is 1.80. The molecule has 2 N–H and O–H groups in total. The van der Waals surface area contributed by atoms with Crippen molar-refractivity contribution in [3.05, 3.63) is 35.4 Å². The molecule has 0 aliphatic heterocycles. The number of unbranched alkanes of at least 4 members (excludes halogenated alkanes) is 1. The standard InChI is InChI=1S/C13H18F3NO/c1-10(17-8-4-5-9-18)11-6-2-3-7-12(11)13(14,15)16/h2-3,6-7,10,17-18H,4-5,8-9H2,1H3. The average Bonchev–Trinajstić information content (AvgIpc) is 2.33. The van der Waals surface area contributed by atoms with E-state index in [9.17, 15) is 13.2 Å². The van der Waals surface area contributed by atoms with Crippen molar-refractivity contribution < 1.29 is 18.3 Å². The zero-order valence-corrected chi connectivity index (χ0v) is 10.3. The molecule has 0 radical (unpaired) electrons. The third-order valence-electron chi connectivity index (χ3n) is 2.77. The molecular weight excluding hydrogens is 243 g/mol. The highest BCUT2D eigenvalue weighted by Crippen LogP contribution is 2.34. The van der Waals surface area contributed by atoms with E-state index in [-0.39, 0.29) is 18.2 Å². The van der Waals surface area contributed by atoms with Crippen molar-refractivity contribution in [1.82, 2.24) is 5.32 Å². The summed E-state index contributed by atoms with van der Waals surface area (Å²) in [7, 11) is 0. The van der Waals surface area contributed by atoms with Gasteiger partial charge in [-0.1, -0.05) is 18.2 Å². The molecule has 5 heteroatoms. The third kappa shape index (κ3) is 4.31. The maximum Gasteiger partial charge on any atom is 0.416 e. The number of benzene rings is 1. The summed E-state index contributed by atoms with van der Waals surface area (Å²) >= 11 is 0. The van der Waals surface area contributed by atoms with Gasteiger partial charge in [0.1, 0.15) is 0 Å². The Kier molecular flexibility index (Phi) is 5.62. The Bertz CT molecular complexity index is 365. The third-order valence-corrected chi connectivity index (χ3v) is 2.77. The van der Waals surface area contributed by atoms with Gasteiger partial charge >= 0.3 is 6.18 Å². The Morgan fingerprint density at radius 1 is 1.22 bits per heavy atom. The van der Waals surface area contributed by atoms with E-state index in [1.54, 1.807) is 13.0 Å². The minimum Gasteiger partial charge on any atom is -0.396 e. The van der Waals surface area contributed by atoms with Crippen LogP contribution in [-0.2, 0) is 6.18 Å². The van der Waals surface area contributed by atoms with Gasteiger partial charge in [-0.2, -0.15) is 13.2 Å². The SMILES string of the molecule is CC(NCCCCO)c1ccccc1C(F)(F)F. The Hall–Kier alpha value is -1.07. The summed E-state index contributed by atoms with van der Waals surface area (Å²) in [5.41, 5.74) is -0.332. The number of aliphatic hydroxyl groups is 1. The van der Waals surface area contributed by atoms with Crippen molar-refractivity contribution in [2.24, 2.45) is 0 Å². The maximum atomic E-state index is 12.8. The van der Waals surface area contributed by atoms with Crippen molar-refractivity contribution in [2.75, 3.05) is 13.2 Å². The summed E-state index contributed by atoms with van der Waals surface area (Å²) in [6.07, 6.45) is -2.92. The molecular formula is C13H18F3NO. The molecule has 1 rings (SSSR count). The predicted molar refractivity (Wildman–Crippen MR) is 64.2 cm³/mol. The van der Waals surface area contributed by atoms with Crippen molar-refractivity contribution in [3.8, 4) is 0 Å². The number of alkyl halides is 3. The maximum absolute atomic E-state index is 12.8. The molecule has 102 valence electrons. The summed E-state index contributed by atoms with van der Waals surface area (Å²) < 4.78 is 38.4. The van der Waals surface area contributed by atoms with Crippen LogP contribution >= 0.6 is 0 Å². The second-order valence-corrected chi connectivity index (χ2v) is 4.19. The van der Waals surface area contributed by atoms with E-state index in [1.807, 2.05) is 0 Å². The topological polar surface area (TPSA) is 32.3 Å². The molecule has 0 aliphatic carbocycles. The van der Waals surface area contributed by atoms with Crippen LogP contribution in [0, 0.1) is 0 Å². The average molecular weight is 261 g/mol. The first-order chi connectivity index (χ1) is 8.46. The minimum atomic E-state index is -4.32. The first-order valence-electron chi connectivity index (χ1n) is 5.97. The molecule has 0 bridgehead atoms. The van der Waals surface area contributed by atoms with Gasteiger partial charge in [-0.25, -0.2) is 0 Å². The highest BCUT2D eigenvalue weighted by atomic mass is 19.4. The van der Waals surface area contributed by atoms with E-state index in [4.69, 9.17) is 5.11 Å². The van der Waals surface area contributed by atoms with Crippen LogP contribution in [0.3, 0.4) is 0 Å². The molecule has 0 saturated carbocycles. The van der Waals surface area contributed by atoms with Crippen LogP contribution in [0.25, 0.3) is 0 Å². The first-order valence-corrected chi connectivity index (χ1v) is 5.97. The largest absolute Gasteiger partial charge is 0.416 e. The second kappa shape index (κ2) is 6.75. The smallest absolute Gasteiger partial charge is 0.396 e. The minimum absolute atomic E-state index is 0.106. The lowest BCUT2D eigenvalue weighted by Gasteiger charge is -2.19. The van der Waals surface area contributed by atoms with E-state index >= 15 is 0 Å². The lowest BCUT2D eigenvalue weighted by atomic mass is 10.0. The van der Waals surface area contributed by atoms with Gasteiger partial charge < -0.3 is 10.4 Å². The van der Waals surface area contributed by atoms with Crippen LogP contribution in [0.5, 0.6) is 0 Å². The molecule has 0 amide bonds. The summed E-state index contributed by atoms with van der Waals surface area (Å²) in [6, 6.07) is 5.23. The van der Waals surface area contributed by atoms with Gasteiger partial charge in [-0.15, -0.1) is 0 Å². The Balaban J connectivity index is 2.70. The Morgan fingerprint density at radius 3 is 2.50 bits per heavy atom. The highest BCUT2D eigenvalue weighted by Gasteiger charge is 2.33. The van der Waals surface area contributed by atoms with Crippen molar-refractivity contribution in [2.45, 2.75) is 32.0 Å². The van der Waals surface area contributed by atoms with Gasteiger partial charge in [0, 0.05) is 12.6 Å². The molecule has 0 saturated heterocycles. The highest BCUT2D eigenvalue weighted by molar-refractivity contribution is 5.31. The molecule has 2 nitrogen and oxygen atoms in total. The molecule has 1 aromatic carbocycles. The predicted octanol–water partition coefficient (Wildman–Crippen LogP) is 3.13. The van der Waals surface area contributed by atoms with E-state index in [2.05, 4.69) is 5.32 Å². The van der Waals surface area contributed by atoms with Crippen molar-refractivity contribution in [1.29, 1.82) is 0 Å². The van der Waals surface area contributed by atoms with Crippen LogP contribution in [0.15, 0.2) is 24.3 Å². The van der Waals surface area contributed by atoms with Crippen LogP contribution in [0.2, 0.25) is 0 Å². The summed E-state index contributed by atoms with van der Waals surface area (Å²) in [4.78, 5) is 0. The lowest BCUT2D eigenvalue weighted by molar-refractivity contribution is -0.138. The van der Waals surface area contributed by atoms with Gasteiger partial charge in [-0.3, -0.25) is 0 Å². The molecule has 0 fully saturated rings. The van der Waals surface area contributed by atoms with Gasteiger partial charge in [-0.05, 0) is 37.9 Å². The van der Waals surface area contributed by atoms with Crippen LogP contribution < -0.4 is 5.32 Å². The number of aliphatic hydroxyl groups excluding tert-OH is 1. The van der Waals surface area contributed by atoms with Crippen LogP contribution in [0.4, 0.5) is 13.2 Å². The fourth-order valence-electron chi connectivity index (χ4n) is 1.80. The summed E-state index contributed by atoms with van der Waals surface area (Å²) in [6.45, 7) is 2.41. The monoisotopic (exact) mass is 261 g/mol. The molecule has 0 spiro atoms. The molecule has 1 atom stereocenters. The Morgan fingerprint density at radius 2 is 1.89 bits per heavy atom. The van der Waals surface area contributed by atoms with E-state index in [0.29, 0.717) is 13.0 Å². The number of hydrogen-bond acceptors (Lipinski definition) is 2.